The van der Waals surface area contributed by atoms with Crippen LogP contribution in [0.15, 0.2) is 46.3 Å². The van der Waals surface area contributed by atoms with Crippen molar-refractivity contribution in [3.8, 4) is 11.5 Å². The second-order valence-corrected chi connectivity index (χ2v) is 7.31. The molecule has 0 fully saturated rings. The number of aryl methyl sites for hydroxylation is 1. The Morgan fingerprint density at radius 1 is 1.25 bits per heavy atom. The fourth-order valence-electron chi connectivity index (χ4n) is 2.74. The standard InChI is InChI=1S/C18H11ClN6O2S/c1-9-4-5-20-17-22-15(24-25(9)17)16(26)23-18-21-12(8-28-18)14-7-10-6-11(19)2-3-13(10)27-14/h2-8H,1H3,(H,21,23,26). The summed E-state index contributed by atoms with van der Waals surface area (Å²) in [7, 11) is 0. The minimum Gasteiger partial charge on any atom is -0.454 e. The zero-order valence-corrected chi connectivity index (χ0v) is 16.0. The van der Waals surface area contributed by atoms with Gasteiger partial charge in [0.1, 0.15) is 11.3 Å². The van der Waals surface area contributed by atoms with Crippen LogP contribution in [-0.4, -0.2) is 30.5 Å². The third-order valence-electron chi connectivity index (χ3n) is 4.09. The minimum absolute atomic E-state index is 0.0249. The maximum absolute atomic E-state index is 12.5. The molecule has 1 N–H and O–H groups in total. The molecule has 4 heterocycles. The van der Waals surface area contributed by atoms with Crippen molar-refractivity contribution in [1.29, 1.82) is 0 Å². The first-order valence-corrected chi connectivity index (χ1v) is 9.47. The zero-order valence-electron chi connectivity index (χ0n) is 14.4. The second-order valence-electron chi connectivity index (χ2n) is 6.02. The maximum Gasteiger partial charge on any atom is 0.297 e. The number of rotatable bonds is 3. The van der Waals surface area contributed by atoms with Gasteiger partial charge in [-0.2, -0.15) is 4.98 Å². The average Bonchev–Trinajstić information content (AvgIpc) is 3.38. The van der Waals surface area contributed by atoms with E-state index in [-0.39, 0.29) is 5.82 Å². The van der Waals surface area contributed by atoms with E-state index in [4.69, 9.17) is 16.0 Å². The van der Waals surface area contributed by atoms with Crippen LogP contribution in [0, 0.1) is 6.92 Å². The summed E-state index contributed by atoms with van der Waals surface area (Å²) in [5.74, 6) is 0.532. The van der Waals surface area contributed by atoms with Crippen molar-refractivity contribution >= 4 is 50.7 Å². The van der Waals surface area contributed by atoms with Crippen LogP contribution in [0.4, 0.5) is 5.13 Å². The summed E-state index contributed by atoms with van der Waals surface area (Å²) >= 11 is 7.30. The monoisotopic (exact) mass is 410 g/mol. The fraction of sp³-hybridized carbons (Fsp3) is 0.0556. The molecule has 10 heteroatoms. The van der Waals surface area contributed by atoms with Gasteiger partial charge >= 0.3 is 0 Å². The molecule has 0 spiro atoms. The van der Waals surface area contributed by atoms with Gasteiger partial charge in [0.2, 0.25) is 5.82 Å². The Bertz CT molecular complexity index is 1350. The Hall–Kier alpha value is -3.30. The smallest absolute Gasteiger partial charge is 0.297 e. The summed E-state index contributed by atoms with van der Waals surface area (Å²) in [6.07, 6.45) is 1.62. The third-order valence-corrected chi connectivity index (χ3v) is 5.08. The number of nitrogens with zero attached hydrogens (tertiary/aromatic N) is 5. The van der Waals surface area contributed by atoms with Crippen molar-refractivity contribution < 1.29 is 9.21 Å². The number of hydrogen-bond acceptors (Lipinski definition) is 7. The lowest BCUT2D eigenvalue weighted by molar-refractivity contribution is 0.101. The molecular weight excluding hydrogens is 400 g/mol. The summed E-state index contributed by atoms with van der Waals surface area (Å²) < 4.78 is 7.32. The van der Waals surface area contributed by atoms with Crippen LogP contribution in [0.2, 0.25) is 5.02 Å². The molecule has 0 radical (unpaired) electrons. The SMILES string of the molecule is Cc1ccnc2nc(C(=O)Nc3nc(-c4cc5cc(Cl)ccc5o4)cs3)nn12. The molecule has 0 aliphatic carbocycles. The summed E-state index contributed by atoms with van der Waals surface area (Å²) in [6, 6.07) is 9.05. The summed E-state index contributed by atoms with van der Waals surface area (Å²) in [5.41, 5.74) is 2.17. The normalized spacial score (nSPS) is 11.4. The lowest BCUT2D eigenvalue weighted by Crippen LogP contribution is -2.13. The number of thiazole rings is 1. The van der Waals surface area contributed by atoms with Crippen LogP contribution in [-0.2, 0) is 0 Å². The molecule has 0 aliphatic heterocycles. The van der Waals surface area contributed by atoms with Crippen LogP contribution >= 0.6 is 22.9 Å². The Morgan fingerprint density at radius 2 is 2.14 bits per heavy atom. The number of amides is 1. The molecular formula is C18H11ClN6O2S. The highest BCUT2D eigenvalue weighted by molar-refractivity contribution is 7.14. The van der Waals surface area contributed by atoms with Crippen molar-refractivity contribution in [3.05, 3.63) is 58.4 Å². The second kappa shape index (κ2) is 6.39. The topological polar surface area (TPSA) is 98.2 Å². The van der Waals surface area contributed by atoms with E-state index in [1.807, 2.05) is 19.1 Å². The van der Waals surface area contributed by atoms with Crippen LogP contribution < -0.4 is 5.32 Å². The molecule has 0 bridgehead atoms. The maximum atomic E-state index is 12.5. The largest absolute Gasteiger partial charge is 0.454 e. The molecule has 5 rings (SSSR count). The van der Waals surface area contributed by atoms with Crippen molar-refractivity contribution in [3.63, 3.8) is 0 Å². The Morgan fingerprint density at radius 3 is 3.00 bits per heavy atom. The van der Waals surface area contributed by atoms with Crippen LogP contribution in [0.25, 0.3) is 28.2 Å². The van der Waals surface area contributed by atoms with Gasteiger partial charge in [-0.1, -0.05) is 11.6 Å². The van der Waals surface area contributed by atoms with Crippen molar-refractivity contribution in [2.75, 3.05) is 5.32 Å². The minimum atomic E-state index is -0.456. The van der Waals surface area contributed by atoms with Gasteiger partial charge in [-0.05, 0) is 37.3 Å². The van der Waals surface area contributed by atoms with Crippen LogP contribution in [0.3, 0.4) is 0 Å². The highest BCUT2D eigenvalue weighted by Gasteiger charge is 2.17. The Kier molecular flexibility index (Phi) is 3.85. The number of benzene rings is 1. The Balaban J connectivity index is 1.40. The molecule has 0 unspecified atom stereocenters. The van der Waals surface area contributed by atoms with E-state index in [9.17, 15) is 4.79 Å². The molecule has 8 nitrogen and oxygen atoms in total. The molecule has 0 saturated carbocycles. The Labute approximate surface area is 166 Å². The predicted molar refractivity (Wildman–Crippen MR) is 106 cm³/mol. The van der Waals surface area contributed by atoms with E-state index >= 15 is 0 Å². The van der Waals surface area contributed by atoms with E-state index < -0.39 is 5.91 Å². The molecule has 1 amide bonds. The molecule has 28 heavy (non-hydrogen) atoms. The first-order chi connectivity index (χ1) is 13.6. The van der Waals surface area contributed by atoms with Crippen LogP contribution in [0.1, 0.15) is 16.3 Å². The van der Waals surface area contributed by atoms with E-state index in [1.165, 1.54) is 15.9 Å². The molecule has 0 saturated heterocycles. The highest BCUT2D eigenvalue weighted by Crippen LogP contribution is 2.31. The number of aromatic nitrogens is 5. The van der Waals surface area contributed by atoms with Gasteiger partial charge in [-0.25, -0.2) is 14.5 Å². The van der Waals surface area contributed by atoms with Gasteiger partial charge in [-0.3, -0.25) is 10.1 Å². The van der Waals surface area contributed by atoms with E-state index in [0.29, 0.717) is 27.4 Å². The highest BCUT2D eigenvalue weighted by atomic mass is 35.5. The first kappa shape index (κ1) is 16.8. The van der Waals surface area contributed by atoms with Gasteiger partial charge in [0.25, 0.3) is 11.7 Å². The van der Waals surface area contributed by atoms with Crippen molar-refractivity contribution in [2.45, 2.75) is 6.92 Å². The average molecular weight is 411 g/mol. The molecule has 0 aliphatic rings. The fourth-order valence-corrected chi connectivity index (χ4v) is 3.62. The van der Waals surface area contributed by atoms with Gasteiger partial charge in [-0.15, -0.1) is 16.4 Å². The van der Waals surface area contributed by atoms with Crippen molar-refractivity contribution in [2.24, 2.45) is 0 Å². The number of carbonyl (C=O) groups is 1. The number of fused-ring (bicyclic) bond motifs is 2. The molecule has 4 aromatic heterocycles. The van der Waals surface area contributed by atoms with Gasteiger partial charge in [0.15, 0.2) is 10.9 Å². The first-order valence-electron chi connectivity index (χ1n) is 8.21. The van der Waals surface area contributed by atoms with Crippen molar-refractivity contribution in [1.82, 2.24) is 24.6 Å². The number of carbonyl (C=O) groups excluding carboxylic acids is 1. The summed E-state index contributed by atoms with van der Waals surface area (Å²) in [5, 5.41) is 10.6. The summed E-state index contributed by atoms with van der Waals surface area (Å²) in [6.45, 7) is 1.86. The quantitative estimate of drug-likeness (QED) is 0.478. The summed E-state index contributed by atoms with van der Waals surface area (Å²) in [4.78, 5) is 25.1. The van der Waals surface area contributed by atoms with E-state index in [1.54, 1.807) is 29.8 Å². The zero-order chi connectivity index (χ0) is 19.3. The van der Waals surface area contributed by atoms with Crippen LogP contribution in [0.5, 0.6) is 0 Å². The van der Waals surface area contributed by atoms with Gasteiger partial charge < -0.3 is 4.42 Å². The number of anilines is 1. The number of nitrogens with one attached hydrogen (secondary N) is 1. The van der Waals surface area contributed by atoms with E-state index in [2.05, 4.69) is 25.4 Å². The number of halogens is 1. The third kappa shape index (κ3) is 2.90. The molecule has 138 valence electrons. The molecule has 1 aromatic carbocycles. The molecule has 5 aromatic rings. The van der Waals surface area contributed by atoms with Gasteiger partial charge in [0.05, 0.1) is 0 Å². The number of hydrogen-bond donors (Lipinski definition) is 1. The molecule has 0 atom stereocenters. The lowest BCUT2D eigenvalue weighted by Gasteiger charge is -1.96. The lowest BCUT2D eigenvalue weighted by atomic mass is 10.2. The number of furan rings is 1. The van der Waals surface area contributed by atoms with Gasteiger partial charge in [0, 0.05) is 27.7 Å². The predicted octanol–water partition coefficient (Wildman–Crippen LogP) is 4.21. The van der Waals surface area contributed by atoms with E-state index in [0.717, 1.165) is 16.7 Å².